The molecule has 2 heterocycles. The summed E-state index contributed by atoms with van der Waals surface area (Å²) in [7, 11) is 4.17. The van der Waals surface area contributed by atoms with Crippen LogP contribution in [0.3, 0.4) is 0 Å². The predicted molar refractivity (Wildman–Crippen MR) is 50.7 cm³/mol. The molecule has 2 fully saturated rings. The number of halogens is 1. The second kappa shape index (κ2) is 4.18. The predicted octanol–water partition coefficient (Wildman–Crippen LogP) is -2.94. The molecule has 2 unspecified atom stereocenters. The molecule has 0 aromatic carbocycles. The van der Waals surface area contributed by atoms with Crippen LogP contribution in [0.15, 0.2) is 0 Å². The van der Waals surface area contributed by atoms with Crippen molar-refractivity contribution in [1.29, 1.82) is 0 Å². The van der Waals surface area contributed by atoms with Gasteiger partial charge in [-0.05, 0) is 0 Å². The highest BCUT2D eigenvalue weighted by Crippen LogP contribution is 2.42. The van der Waals surface area contributed by atoms with Crippen LogP contribution >= 0.6 is 0 Å². The van der Waals surface area contributed by atoms with Crippen molar-refractivity contribution in [3.05, 3.63) is 0 Å². The molecule has 0 amide bonds. The van der Waals surface area contributed by atoms with Crippen LogP contribution in [0.1, 0.15) is 19.3 Å². The van der Waals surface area contributed by atoms with E-state index in [4.69, 9.17) is 5.11 Å². The van der Waals surface area contributed by atoms with Gasteiger partial charge in [0.2, 0.25) is 0 Å². The second-order valence-electron chi connectivity index (χ2n) is 5.09. The molecule has 0 aromatic rings. The molecule has 2 bridgehead atoms. The summed E-state index contributed by atoms with van der Waals surface area (Å²) in [5.74, 6) is -1.40. The van der Waals surface area contributed by atoms with E-state index < -0.39 is 18.0 Å². The number of hydrogen-bond donors (Lipinski definition) is 2. The fourth-order valence-corrected chi connectivity index (χ4v) is 3.29. The largest absolute Gasteiger partial charge is 1.00 e. The highest BCUT2D eigenvalue weighted by atomic mass is 127. The lowest BCUT2D eigenvalue weighted by Gasteiger charge is -2.45. The third-order valence-electron chi connectivity index (χ3n) is 4.22. The summed E-state index contributed by atoms with van der Waals surface area (Å²) in [6.07, 6.45) is 1.99. The molecule has 2 aliphatic rings. The summed E-state index contributed by atoms with van der Waals surface area (Å²) in [5.41, 5.74) is 0. The topological polar surface area (TPSA) is 57.5 Å². The van der Waals surface area contributed by atoms with Crippen molar-refractivity contribution in [2.75, 3.05) is 14.1 Å². The normalized spacial score (nSPS) is 42.1. The number of aliphatic hydroxyl groups excluding tert-OH is 1. The summed E-state index contributed by atoms with van der Waals surface area (Å²) in [6, 6.07) is 0.548. The number of carboxylic acids is 1. The van der Waals surface area contributed by atoms with E-state index in [9.17, 15) is 9.90 Å². The summed E-state index contributed by atoms with van der Waals surface area (Å²) in [4.78, 5) is 11.1. The molecule has 15 heavy (non-hydrogen) atoms. The van der Waals surface area contributed by atoms with Crippen LogP contribution in [0.2, 0.25) is 0 Å². The highest BCUT2D eigenvalue weighted by Gasteiger charge is 2.56. The van der Waals surface area contributed by atoms with Crippen LogP contribution in [-0.2, 0) is 4.79 Å². The molecule has 0 aliphatic carbocycles. The first kappa shape index (κ1) is 13.2. The fourth-order valence-electron chi connectivity index (χ4n) is 3.29. The smallest absolute Gasteiger partial charge is 0.315 e. The van der Waals surface area contributed by atoms with Crippen molar-refractivity contribution in [3.63, 3.8) is 0 Å². The molecule has 0 radical (unpaired) electrons. The molecule has 4 atom stereocenters. The maximum Gasteiger partial charge on any atom is 0.315 e. The Morgan fingerprint density at radius 2 is 1.93 bits per heavy atom. The molecule has 2 N–H and O–H groups in total. The summed E-state index contributed by atoms with van der Waals surface area (Å²) < 4.78 is 0.772. The number of aliphatic carboxylic acids is 1. The van der Waals surface area contributed by atoms with E-state index in [1.165, 1.54) is 0 Å². The summed E-state index contributed by atoms with van der Waals surface area (Å²) >= 11 is 0. The number of fused-ring (bicyclic) bond motifs is 2. The number of rotatable bonds is 1. The maximum absolute atomic E-state index is 11.1. The van der Waals surface area contributed by atoms with Gasteiger partial charge < -0.3 is 38.7 Å². The van der Waals surface area contributed by atoms with Gasteiger partial charge in [0.1, 0.15) is 12.0 Å². The van der Waals surface area contributed by atoms with E-state index in [0.717, 1.165) is 17.3 Å². The van der Waals surface area contributed by atoms with Gasteiger partial charge in [-0.3, -0.25) is 4.79 Å². The van der Waals surface area contributed by atoms with Gasteiger partial charge >= 0.3 is 5.97 Å². The van der Waals surface area contributed by atoms with Gasteiger partial charge in [-0.1, -0.05) is 0 Å². The molecule has 5 heteroatoms. The number of hydrogen-bond acceptors (Lipinski definition) is 2. The van der Waals surface area contributed by atoms with Gasteiger partial charge in [0, 0.05) is 19.3 Å². The van der Waals surface area contributed by atoms with Crippen molar-refractivity contribution < 1.29 is 43.5 Å². The lowest BCUT2D eigenvalue weighted by atomic mass is 9.86. The van der Waals surface area contributed by atoms with E-state index >= 15 is 0 Å². The van der Waals surface area contributed by atoms with E-state index in [1.807, 2.05) is 0 Å². The van der Waals surface area contributed by atoms with Gasteiger partial charge in [-0.15, -0.1) is 0 Å². The van der Waals surface area contributed by atoms with Crippen LogP contribution in [-0.4, -0.2) is 52.9 Å². The molecule has 4 nitrogen and oxygen atoms in total. The highest BCUT2D eigenvalue weighted by molar-refractivity contribution is 5.71. The molecule has 2 rings (SSSR count). The average molecular weight is 327 g/mol. The Bertz CT molecular complexity index is 269. The van der Waals surface area contributed by atoms with Crippen LogP contribution in [0.4, 0.5) is 0 Å². The standard InChI is InChI=1S/C10H17NO3.HI/c1-11(2)6-3-4-7(11)9(10(13)14)8(12)5-6;/h6-9,12H,3-5H2,1-2H3;1H/t6?,7?,8-,9-;/m0./s1. The van der Waals surface area contributed by atoms with Crippen LogP contribution in [0, 0.1) is 5.92 Å². The zero-order valence-corrected chi connectivity index (χ0v) is 11.2. The first-order valence-corrected chi connectivity index (χ1v) is 5.19. The molecule has 2 saturated heterocycles. The first-order valence-electron chi connectivity index (χ1n) is 5.19. The average Bonchev–Trinajstić information content (AvgIpc) is 2.30. The summed E-state index contributed by atoms with van der Waals surface area (Å²) in [5, 5.41) is 18.9. The summed E-state index contributed by atoms with van der Waals surface area (Å²) in [6.45, 7) is 0. The number of carboxylic acid groups (broad SMARTS) is 1. The monoisotopic (exact) mass is 327 g/mol. The Balaban J connectivity index is 0.00000112. The number of quaternary nitrogens is 1. The van der Waals surface area contributed by atoms with Crippen molar-refractivity contribution in [2.24, 2.45) is 5.92 Å². The zero-order valence-electron chi connectivity index (χ0n) is 9.06. The van der Waals surface area contributed by atoms with E-state index in [1.54, 1.807) is 0 Å². The Labute approximate surface area is 107 Å². The van der Waals surface area contributed by atoms with Gasteiger partial charge in [0.05, 0.1) is 26.2 Å². The minimum absolute atomic E-state index is 0. The molecule has 0 spiro atoms. The van der Waals surface area contributed by atoms with Crippen molar-refractivity contribution >= 4 is 5.97 Å². The maximum atomic E-state index is 11.1. The van der Waals surface area contributed by atoms with Crippen molar-refractivity contribution in [2.45, 2.75) is 37.5 Å². The van der Waals surface area contributed by atoms with Crippen LogP contribution in [0.25, 0.3) is 0 Å². The SMILES string of the molecule is C[N+]1(C)C2CCC1[C@H](C(=O)O)[C@@H](O)C2.[I-]. The first-order chi connectivity index (χ1) is 6.44. The molecular formula is C10H18INO3. The van der Waals surface area contributed by atoms with E-state index in [2.05, 4.69) is 14.1 Å². The fraction of sp³-hybridized carbons (Fsp3) is 0.900. The quantitative estimate of drug-likeness (QED) is 0.400. The lowest BCUT2D eigenvalue weighted by molar-refractivity contribution is -0.934. The van der Waals surface area contributed by atoms with Crippen LogP contribution < -0.4 is 24.0 Å². The number of piperidine rings is 1. The third kappa shape index (κ3) is 1.89. The number of carbonyl (C=O) groups is 1. The lowest BCUT2D eigenvalue weighted by Crippen LogP contribution is -3.00. The Morgan fingerprint density at radius 3 is 2.47 bits per heavy atom. The van der Waals surface area contributed by atoms with Gasteiger partial charge in [-0.2, -0.15) is 0 Å². The Kier molecular flexibility index (Phi) is 3.67. The van der Waals surface area contributed by atoms with Crippen LogP contribution in [0.5, 0.6) is 0 Å². The second-order valence-corrected chi connectivity index (χ2v) is 5.09. The Hall–Kier alpha value is 0.120. The van der Waals surface area contributed by atoms with E-state index in [0.29, 0.717) is 12.5 Å². The molecule has 88 valence electrons. The third-order valence-corrected chi connectivity index (χ3v) is 4.22. The molecule has 2 aliphatic heterocycles. The Morgan fingerprint density at radius 1 is 1.33 bits per heavy atom. The van der Waals surface area contributed by atoms with E-state index in [-0.39, 0.29) is 30.0 Å². The number of nitrogens with zero attached hydrogens (tertiary/aromatic N) is 1. The van der Waals surface area contributed by atoms with Crippen molar-refractivity contribution in [1.82, 2.24) is 0 Å². The number of aliphatic hydroxyl groups is 1. The van der Waals surface area contributed by atoms with Crippen molar-refractivity contribution in [3.8, 4) is 0 Å². The van der Waals surface area contributed by atoms with Gasteiger partial charge in [0.15, 0.2) is 0 Å². The molecule has 0 aromatic heterocycles. The minimum Gasteiger partial charge on any atom is -1.00 e. The van der Waals surface area contributed by atoms with Gasteiger partial charge in [0.25, 0.3) is 0 Å². The molecular weight excluding hydrogens is 309 g/mol. The minimum atomic E-state index is -0.839. The molecule has 0 saturated carbocycles. The van der Waals surface area contributed by atoms with Gasteiger partial charge in [-0.25, -0.2) is 0 Å². The zero-order chi connectivity index (χ0) is 10.5.